The zero-order chi connectivity index (χ0) is 17.8. The summed E-state index contributed by atoms with van der Waals surface area (Å²) in [7, 11) is 1.83. The van der Waals surface area contributed by atoms with Gasteiger partial charge in [-0.25, -0.2) is 0 Å². The van der Waals surface area contributed by atoms with Gasteiger partial charge in [0.25, 0.3) is 0 Å². The number of hydrogen-bond acceptors (Lipinski definition) is 3. The number of hydrogen-bond donors (Lipinski definition) is 1. The van der Waals surface area contributed by atoms with Gasteiger partial charge in [0.2, 0.25) is 0 Å². The van der Waals surface area contributed by atoms with Crippen molar-refractivity contribution in [1.82, 2.24) is 0 Å². The highest BCUT2D eigenvalue weighted by atomic mass is 16.5. The van der Waals surface area contributed by atoms with Gasteiger partial charge in [-0.1, -0.05) is 19.1 Å². The van der Waals surface area contributed by atoms with Gasteiger partial charge in [-0.15, -0.1) is 0 Å². The summed E-state index contributed by atoms with van der Waals surface area (Å²) in [6.07, 6.45) is 12.3. The van der Waals surface area contributed by atoms with Crippen LogP contribution in [0.1, 0.15) is 58.8 Å². The Morgan fingerprint density at radius 2 is 1.96 bits per heavy atom. The maximum atomic E-state index is 12.2. The Kier molecular flexibility index (Phi) is 4.39. The number of aliphatic hydroxyl groups excluding tert-OH is 1. The predicted octanol–water partition coefficient (Wildman–Crippen LogP) is 4.00. The molecular weight excluding hydrogens is 312 g/mol. The third kappa shape index (κ3) is 2.49. The van der Waals surface area contributed by atoms with Crippen molar-refractivity contribution in [1.29, 1.82) is 0 Å². The van der Waals surface area contributed by atoms with Crippen LogP contribution < -0.4 is 0 Å². The van der Waals surface area contributed by atoms with Crippen LogP contribution in [-0.4, -0.2) is 30.7 Å². The van der Waals surface area contributed by atoms with Crippen LogP contribution in [0.4, 0.5) is 0 Å². The topological polar surface area (TPSA) is 46.5 Å². The van der Waals surface area contributed by atoms with Gasteiger partial charge in [0.05, 0.1) is 12.7 Å². The summed E-state index contributed by atoms with van der Waals surface area (Å²) >= 11 is 0. The van der Waals surface area contributed by atoms with Crippen molar-refractivity contribution in [3.63, 3.8) is 0 Å². The second kappa shape index (κ2) is 6.20. The molecule has 0 heterocycles. The fourth-order valence-corrected chi connectivity index (χ4v) is 7.62. The van der Waals surface area contributed by atoms with Crippen molar-refractivity contribution >= 4 is 5.78 Å². The number of allylic oxidation sites excluding steroid dienone is 2. The number of ketones is 1. The number of ether oxygens (including phenoxy) is 1. The Bertz CT molecular complexity index is 570. The van der Waals surface area contributed by atoms with Gasteiger partial charge in [0.1, 0.15) is 5.78 Å². The van der Waals surface area contributed by atoms with E-state index in [1.165, 1.54) is 19.3 Å². The van der Waals surface area contributed by atoms with E-state index in [2.05, 4.69) is 19.1 Å². The molecule has 2 unspecified atom stereocenters. The number of carbonyl (C=O) groups excluding carboxylic acids is 1. The molecule has 0 aliphatic heterocycles. The van der Waals surface area contributed by atoms with E-state index in [0.29, 0.717) is 29.5 Å². The fraction of sp³-hybridized carbons (Fsp3) is 0.864. The van der Waals surface area contributed by atoms with E-state index in [1.807, 2.05) is 7.11 Å². The van der Waals surface area contributed by atoms with Crippen LogP contribution in [0.15, 0.2) is 12.2 Å². The molecule has 3 nitrogen and oxygen atoms in total. The van der Waals surface area contributed by atoms with Crippen molar-refractivity contribution in [2.45, 2.75) is 64.9 Å². The Balaban J connectivity index is 1.69. The first-order chi connectivity index (χ1) is 11.9. The lowest BCUT2D eigenvalue weighted by atomic mass is 9.46. The maximum Gasteiger partial charge on any atom is 0.133 e. The SMILES string of the molecule is COCC12CC[C@H](O)CC1C=C[C@@H]1[C@@H]2CC[C@]2(C)[C@@H](C(C)=O)CC[C@@H]12. The van der Waals surface area contributed by atoms with Crippen LogP contribution in [0.3, 0.4) is 0 Å². The number of carbonyl (C=O) groups is 1. The largest absolute Gasteiger partial charge is 0.393 e. The summed E-state index contributed by atoms with van der Waals surface area (Å²) in [5.41, 5.74) is 0.385. The van der Waals surface area contributed by atoms with E-state index < -0.39 is 0 Å². The van der Waals surface area contributed by atoms with E-state index >= 15 is 0 Å². The quantitative estimate of drug-likeness (QED) is 0.786. The first-order valence-electron chi connectivity index (χ1n) is 10.3. The van der Waals surface area contributed by atoms with Crippen LogP contribution in [0.5, 0.6) is 0 Å². The fourth-order valence-electron chi connectivity index (χ4n) is 7.62. The van der Waals surface area contributed by atoms with Crippen LogP contribution >= 0.6 is 0 Å². The summed E-state index contributed by atoms with van der Waals surface area (Å²) in [4.78, 5) is 12.2. The molecular formula is C22H34O3. The minimum absolute atomic E-state index is 0.154. The Labute approximate surface area is 152 Å². The van der Waals surface area contributed by atoms with E-state index in [1.54, 1.807) is 6.92 Å². The highest BCUT2D eigenvalue weighted by molar-refractivity contribution is 5.79. The summed E-state index contributed by atoms with van der Waals surface area (Å²) < 4.78 is 5.75. The van der Waals surface area contributed by atoms with Gasteiger partial charge in [0, 0.05) is 18.4 Å². The van der Waals surface area contributed by atoms with E-state index in [4.69, 9.17) is 4.74 Å². The molecule has 0 aromatic heterocycles. The van der Waals surface area contributed by atoms with E-state index in [9.17, 15) is 9.90 Å². The zero-order valence-corrected chi connectivity index (χ0v) is 16.0. The second-order valence-corrected chi connectivity index (χ2v) is 9.66. The number of aliphatic hydroxyl groups is 1. The summed E-state index contributed by atoms with van der Waals surface area (Å²) in [5.74, 6) is 2.98. The summed E-state index contributed by atoms with van der Waals surface area (Å²) in [6.45, 7) is 5.00. The molecule has 0 bridgehead atoms. The van der Waals surface area contributed by atoms with Crippen molar-refractivity contribution in [2.75, 3.05) is 13.7 Å². The highest BCUT2D eigenvalue weighted by Gasteiger charge is 2.60. The smallest absolute Gasteiger partial charge is 0.133 e. The van der Waals surface area contributed by atoms with Gasteiger partial charge in [0.15, 0.2) is 0 Å². The van der Waals surface area contributed by atoms with Crippen molar-refractivity contribution in [3.05, 3.63) is 12.2 Å². The molecule has 8 atom stereocenters. The van der Waals surface area contributed by atoms with Gasteiger partial charge >= 0.3 is 0 Å². The predicted molar refractivity (Wildman–Crippen MR) is 98.0 cm³/mol. The van der Waals surface area contributed by atoms with E-state index in [0.717, 1.165) is 32.3 Å². The normalized spacial score (nSPS) is 51.5. The summed E-state index contributed by atoms with van der Waals surface area (Å²) in [5, 5.41) is 10.2. The van der Waals surface area contributed by atoms with E-state index in [-0.39, 0.29) is 22.9 Å². The van der Waals surface area contributed by atoms with Gasteiger partial charge in [-0.3, -0.25) is 4.79 Å². The number of methoxy groups -OCH3 is 1. The van der Waals surface area contributed by atoms with Crippen LogP contribution in [-0.2, 0) is 9.53 Å². The summed E-state index contributed by atoms with van der Waals surface area (Å²) in [6, 6.07) is 0. The van der Waals surface area contributed by atoms with Gasteiger partial charge in [-0.05, 0) is 81.0 Å². The monoisotopic (exact) mass is 346 g/mol. The molecule has 0 spiro atoms. The highest BCUT2D eigenvalue weighted by Crippen LogP contribution is 2.66. The molecule has 0 amide bonds. The molecule has 25 heavy (non-hydrogen) atoms. The third-order valence-electron chi connectivity index (χ3n) is 8.75. The average Bonchev–Trinajstić information content (AvgIpc) is 2.93. The van der Waals surface area contributed by atoms with Crippen LogP contribution in [0, 0.1) is 40.4 Å². The first-order valence-corrected chi connectivity index (χ1v) is 10.3. The number of rotatable bonds is 3. The molecule has 4 rings (SSSR count). The molecule has 3 saturated carbocycles. The Hall–Kier alpha value is -0.670. The average molecular weight is 347 g/mol. The molecule has 140 valence electrons. The molecule has 4 aliphatic rings. The minimum Gasteiger partial charge on any atom is -0.393 e. The third-order valence-corrected chi connectivity index (χ3v) is 8.75. The molecule has 1 N–H and O–H groups in total. The molecule has 0 radical (unpaired) electrons. The maximum absolute atomic E-state index is 12.2. The number of fused-ring (bicyclic) bond motifs is 5. The Morgan fingerprint density at radius 3 is 2.68 bits per heavy atom. The number of Topliss-reactive ketones (excluding diaryl/α,β-unsaturated/α-hetero) is 1. The lowest BCUT2D eigenvalue weighted by Gasteiger charge is -2.59. The van der Waals surface area contributed by atoms with Crippen molar-refractivity contribution in [3.8, 4) is 0 Å². The molecule has 4 aliphatic carbocycles. The minimum atomic E-state index is -0.154. The second-order valence-electron chi connectivity index (χ2n) is 9.66. The molecule has 0 aromatic rings. The molecule has 3 heteroatoms. The lowest BCUT2D eigenvalue weighted by Crippen LogP contribution is -2.55. The molecule has 3 fully saturated rings. The Morgan fingerprint density at radius 1 is 1.16 bits per heavy atom. The molecule has 0 saturated heterocycles. The molecule has 0 aromatic carbocycles. The van der Waals surface area contributed by atoms with Crippen molar-refractivity contribution < 1.29 is 14.6 Å². The van der Waals surface area contributed by atoms with Crippen LogP contribution in [0.2, 0.25) is 0 Å². The van der Waals surface area contributed by atoms with Gasteiger partial charge in [-0.2, -0.15) is 0 Å². The van der Waals surface area contributed by atoms with Crippen LogP contribution in [0.25, 0.3) is 0 Å². The zero-order valence-electron chi connectivity index (χ0n) is 16.0. The van der Waals surface area contributed by atoms with Crippen molar-refractivity contribution in [2.24, 2.45) is 40.4 Å². The standard InChI is InChI=1S/C22H34O3/c1-14(23)18-6-7-19-17-5-4-15-12-16(24)8-11-22(15,13-25-3)20(17)9-10-21(18,19)2/h4-5,15-20,24H,6-13H2,1-3H3/t15?,16-,17-,18+,19-,20-,21+,22?/m0/s1. The first kappa shape index (κ1) is 17.7. The van der Waals surface area contributed by atoms with Gasteiger partial charge < -0.3 is 9.84 Å². The lowest BCUT2D eigenvalue weighted by molar-refractivity contribution is -0.133.